The number of hydrogen-bond donors (Lipinski definition) is 2. The molecule has 2 saturated heterocycles. The van der Waals surface area contributed by atoms with Gasteiger partial charge in [0.05, 0.1) is 5.69 Å². The number of aromatic carboxylic acids is 1. The van der Waals surface area contributed by atoms with Crippen LogP contribution in [-0.2, 0) is 0 Å². The molecule has 2 atom stereocenters. The van der Waals surface area contributed by atoms with E-state index in [1.807, 2.05) is 0 Å². The van der Waals surface area contributed by atoms with Crippen LogP contribution in [0.3, 0.4) is 0 Å². The molecular formula is C13H19N3O2S. The average Bonchev–Trinajstić information content (AvgIpc) is 2.95. The molecule has 2 N–H and O–H groups in total. The maximum atomic E-state index is 11.0. The Morgan fingerprint density at radius 2 is 2.26 bits per heavy atom. The third-order valence-electron chi connectivity index (χ3n) is 4.16. The summed E-state index contributed by atoms with van der Waals surface area (Å²) in [5, 5.41) is 13.3. The van der Waals surface area contributed by atoms with Crippen LogP contribution in [-0.4, -0.2) is 46.1 Å². The molecule has 3 heterocycles. The van der Waals surface area contributed by atoms with Crippen molar-refractivity contribution in [3.63, 3.8) is 0 Å². The van der Waals surface area contributed by atoms with E-state index >= 15 is 0 Å². The van der Waals surface area contributed by atoms with Crippen LogP contribution < -0.4 is 5.32 Å². The molecule has 104 valence electrons. The van der Waals surface area contributed by atoms with Crippen LogP contribution in [0.4, 0.5) is 5.13 Å². The lowest BCUT2D eigenvalue weighted by Gasteiger charge is -2.32. The van der Waals surface area contributed by atoms with E-state index < -0.39 is 5.97 Å². The number of piperidine rings is 1. The summed E-state index contributed by atoms with van der Waals surface area (Å²) in [7, 11) is 0. The summed E-state index contributed by atoms with van der Waals surface area (Å²) in [5.74, 6) is -0.881. The number of nitrogens with zero attached hydrogens (tertiary/aromatic N) is 2. The van der Waals surface area contributed by atoms with E-state index in [0.29, 0.717) is 22.7 Å². The van der Waals surface area contributed by atoms with Crippen LogP contribution in [0.1, 0.15) is 41.0 Å². The highest BCUT2D eigenvalue weighted by atomic mass is 32.1. The van der Waals surface area contributed by atoms with Crippen LogP contribution in [0.15, 0.2) is 0 Å². The molecular weight excluding hydrogens is 262 g/mol. The first kappa shape index (κ1) is 12.9. The largest absolute Gasteiger partial charge is 0.477 e. The highest BCUT2D eigenvalue weighted by molar-refractivity contribution is 7.17. The van der Waals surface area contributed by atoms with Crippen molar-refractivity contribution in [2.45, 2.75) is 44.7 Å². The van der Waals surface area contributed by atoms with Gasteiger partial charge in [-0.1, -0.05) is 17.8 Å². The Morgan fingerprint density at radius 1 is 1.42 bits per heavy atom. The molecule has 0 saturated carbocycles. The van der Waals surface area contributed by atoms with Gasteiger partial charge in [-0.2, -0.15) is 0 Å². The number of carboxylic acids is 1. The van der Waals surface area contributed by atoms with Gasteiger partial charge in [0.25, 0.3) is 0 Å². The zero-order chi connectivity index (χ0) is 13.4. The molecule has 6 heteroatoms. The van der Waals surface area contributed by atoms with Gasteiger partial charge in [0, 0.05) is 18.6 Å². The van der Waals surface area contributed by atoms with Gasteiger partial charge in [-0.25, -0.2) is 9.78 Å². The number of aryl methyl sites for hydroxylation is 1. The van der Waals surface area contributed by atoms with Gasteiger partial charge in [0.15, 0.2) is 5.13 Å². The van der Waals surface area contributed by atoms with Gasteiger partial charge in [-0.05, 0) is 32.7 Å². The number of rotatable bonds is 3. The van der Waals surface area contributed by atoms with Crippen LogP contribution in [0.5, 0.6) is 0 Å². The fourth-order valence-electron chi connectivity index (χ4n) is 3.23. The Bertz CT molecular complexity index is 488. The molecule has 1 aromatic rings. The maximum absolute atomic E-state index is 11.0. The predicted molar refractivity (Wildman–Crippen MR) is 75.1 cm³/mol. The molecule has 1 aromatic heterocycles. The zero-order valence-corrected chi connectivity index (χ0v) is 11.9. The van der Waals surface area contributed by atoms with Crippen molar-refractivity contribution < 1.29 is 9.90 Å². The van der Waals surface area contributed by atoms with Crippen LogP contribution in [0.2, 0.25) is 0 Å². The number of anilines is 1. The molecule has 0 aromatic carbocycles. The minimum absolute atomic E-state index is 0.348. The van der Waals surface area contributed by atoms with E-state index in [9.17, 15) is 4.79 Å². The lowest BCUT2D eigenvalue weighted by Crippen LogP contribution is -2.41. The van der Waals surface area contributed by atoms with Gasteiger partial charge in [-0.3, -0.25) is 4.90 Å². The van der Waals surface area contributed by atoms with Crippen molar-refractivity contribution >= 4 is 22.4 Å². The second kappa shape index (κ2) is 5.09. The number of nitrogens with one attached hydrogen (secondary N) is 1. The summed E-state index contributed by atoms with van der Waals surface area (Å²) in [6.07, 6.45) is 4.98. The number of hydrogen-bond acceptors (Lipinski definition) is 5. The second-order valence-electron chi connectivity index (χ2n) is 5.38. The minimum Gasteiger partial charge on any atom is -0.477 e. The van der Waals surface area contributed by atoms with Gasteiger partial charge in [-0.15, -0.1) is 0 Å². The van der Waals surface area contributed by atoms with Gasteiger partial charge in [0.2, 0.25) is 0 Å². The summed E-state index contributed by atoms with van der Waals surface area (Å²) >= 11 is 1.25. The zero-order valence-electron chi connectivity index (χ0n) is 11.1. The molecule has 0 spiro atoms. The third kappa shape index (κ3) is 2.47. The summed E-state index contributed by atoms with van der Waals surface area (Å²) in [6, 6.07) is 1.03. The number of thiazole rings is 1. The van der Waals surface area contributed by atoms with Crippen molar-refractivity contribution in [1.29, 1.82) is 0 Å². The Hall–Kier alpha value is -1.14. The number of aromatic nitrogens is 1. The number of carbonyl (C=O) groups is 1. The average molecular weight is 281 g/mol. The molecule has 0 bridgehead atoms. The quantitative estimate of drug-likeness (QED) is 0.889. The molecule has 0 radical (unpaired) electrons. The Morgan fingerprint density at radius 3 is 3.00 bits per heavy atom. The Balaban J connectivity index is 1.71. The van der Waals surface area contributed by atoms with E-state index in [0.717, 1.165) is 18.1 Å². The summed E-state index contributed by atoms with van der Waals surface area (Å²) < 4.78 is 0. The van der Waals surface area contributed by atoms with Crippen molar-refractivity contribution in [3.05, 3.63) is 10.6 Å². The third-order valence-corrected chi connectivity index (χ3v) is 5.23. The van der Waals surface area contributed by atoms with Crippen molar-refractivity contribution in [2.24, 2.45) is 0 Å². The van der Waals surface area contributed by atoms with Crippen molar-refractivity contribution in [3.8, 4) is 0 Å². The van der Waals surface area contributed by atoms with Crippen molar-refractivity contribution in [1.82, 2.24) is 9.88 Å². The molecule has 3 rings (SSSR count). The molecule has 0 amide bonds. The Kier molecular flexibility index (Phi) is 3.45. The van der Waals surface area contributed by atoms with Crippen LogP contribution in [0.25, 0.3) is 0 Å². The molecule has 2 aliphatic heterocycles. The second-order valence-corrected chi connectivity index (χ2v) is 6.38. The van der Waals surface area contributed by atoms with Crippen molar-refractivity contribution in [2.75, 3.05) is 18.4 Å². The molecule has 19 heavy (non-hydrogen) atoms. The van der Waals surface area contributed by atoms with Crippen LogP contribution >= 0.6 is 11.3 Å². The smallest absolute Gasteiger partial charge is 0.347 e. The van der Waals surface area contributed by atoms with E-state index in [1.165, 1.54) is 37.1 Å². The van der Waals surface area contributed by atoms with E-state index in [-0.39, 0.29) is 0 Å². The first-order valence-electron chi connectivity index (χ1n) is 6.86. The molecule has 2 unspecified atom stereocenters. The van der Waals surface area contributed by atoms with E-state index in [4.69, 9.17) is 5.11 Å². The summed E-state index contributed by atoms with van der Waals surface area (Å²) in [5.41, 5.74) is 0.610. The van der Waals surface area contributed by atoms with Gasteiger partial charge in [0.1, 0.15) is 4.88 Å². The minimum atomic E-state index is -0.881. The number of carboxylic acid groups (broad SMARTS) is 1. The van der Waals surface area contributed by atoms with E-state index in [1.54, 1.807) is 6.92 Å². The lowest BCUT2D eigenvalue weighted by molar-refractivity contribution is 0.0701. The topological polar surface area (TPSA) is 65.5 Å². The maximum Gasteiger partial charge on any atom is 0.347 e. The summed E-state index contributed by atoms with van der Waals surface area (Å²) in [4.78, 5) is 18.3. The normalized spacial score (nSPS) is 27.2. The summed E-state index contributed by atoms with van der Waals surface area (Å²) in [6.45, 7) is 4.12. The molecule has 2 aliphatic rings. The fourth-order valence-corrected chi connectivity index (χ4v) is 4.10. The standard InChI is InChI=1S/C13H19N3O2S/c1-8-11(12(17)18)19-13(14-8)15-9-5-7-16-6-3-2-4-10(9)16/h9-10H,2-7H2,1H3,(H,14,15)(H,17,18). The molecule has 5 nitrogen and oxygen atoms in total. The van der Waals surface area contributed by atoms with Crippen LogP contribution in [0, 0.1) is 6.92 Å². The molecule has 0 aliphatic carbocycles. The van der Waals surface area contributed by atoms with Gasteiger partial charge >= 0.3 is 5.97 Å². The van der Waals surface area contributed by atoms with Gasteiger partial charge < -0.3 is 10.4 Å². The highest BCUT2D eigenvalue weighted by Gasteiger charge is 2.35. The lowest BCUT2D eigenvalue weighted by atomic mass is 9.99. The first-order chi connectivity index (χ1) is 9.15. The number of fused-ring (bicyclic) bond motifs is 1. The SMILES string of the molecule is Cc1nc(NC2CCN3CCCCC23)sc1C(=O)O. The highest BCUT2D eigenvalue weighted by Crippen LogP contribution is 2.31. The first-order valence-corrected chi connectivity index (χ1v) is 7.68. The predicted octanol–water partition coefficient (Wildman–Crippen LogP) is 2.19. The fraction of sp³-hybridized carbons (Fsp3) is 0.692. The Labute approximate surface area is 116 Å². The molecule has 2 fully saturated rings. The monoisotopic (exact) mass is 281 g/mol. The van der Waals surface area contributed by atoms with E-state index in [2.05, 4.69) is 15.2 Å².